The summed E-state index contributed by atoms with van der Waals surface area (Å²) >= 11 is 5.77. The van der Waals surface area contributed by atoms with Crippen LogP contribution in [0.15, 0.2) is 18.5 Å². The summed E-state index contributed by atoms with van der Waals surface area (Å²) in [6, 6.07) is 1.40. The number of halogens is 1. The molecule has 5 nitrogen and oxygen atoms in total. The Bertz CT molecular complexity index is 567. The van der Waals surface area contributed by atoms with E-state index >= 15 is 0 Å². The predicted octanol–water partition coefficient (Wildman–Crippen LogP) is 1.95. The average molecular weight is 268 g/mol. The number of carbonyl (C=O) groups excluding carboxylic acids is 1. The van der Waals surface area contributed by atoms with Gasteiger partial charge in [-0.3, -0.25) is 4.98 Å². The van der Waals surface area contributed by atoms with Crippen LogP contribution in [0.3, 0.4) is 0 Å². The second kappa shape index (κ2) is 5.35. The fraction of sp³-hybridized carbons (Fsp3) is 0.417. The van der Waals surface area contributed by atoms with Crippen molar-refractivity contribution in [3.05, 3.63) is 24.3 Å². The summed E-state index contributed by atoms with van der Waals surface area (Å²) in [5, 5.41) is 0. The van der Waals surface area contributed by atoms with Gasteiger partial charge < -0.3 is 9.30 Å². The molecule has 2 aromatic heterocycles. The number of esters is 1. The highest BCUT2D eigenvalue weighted by Gasteiger charge is 2.21. The molecule has 0 amide bonds. The fourth-order valence-electron chi connectivity index (χ4n) is 1.97. The van der Waals surface area contributed by atoms with Crippen LogP contribution in [0.1, 0.15) is 18.8 Å². The first-order chi connectivity index (χ1) is 8.69. The van der Waals surface area contributed by atoms with E-state index in [2.05, 4.69) is 9.97 Å². The van der Waals surface area contributed by atoms with E-state index in [-0.39, 0.29) is 5.97 Å². The summed E-state index contributed by atoms with van der Waals surface area (Å²) in [6.45, 7) is 1.78. The van der Waals surface area contributed by atoms with Gasteiger partial charge in [0.25, 0.3) is 0 Å². The maximum absolute atomic E-state index is 11.7. The summed E-state index contributed by atoms with van der Waals surface area (Å²) in [4.78, 5) is 20.2. The molecule has 0 saturated carbocycles. The second-order valence-electron chi connectivity index (χ2n) is 3.90. The first kappa shape index (κ1) is 12.8. The van der Waals surface area contributed by atoms with Crippen molar-refractivity contribution in [1.82, 2.24) is 14.5 Å². The van der Waals surface area contributed by atoms with Gasteiger partial charge in [0, 0.05) is 18.5 Å². The highest BCUT2D eigenvalue weighted by molar-refractivity contribution is 6.17. The van der Waals surface area contributed by atoms with Crippen LogP contribution in [0.5, 0.6) is 0 Å². The topological polar surface area (TPSA) is 57.0 Å². The molecule has 96 valence electrons. The van der Waals surface area contributed by atoms with Gasteiger partial charge in [0.1, 0.15) is 17.4 Å². The van der Waals surface area contributed by atoms with Crippen LogP contribution in [-0.2, 0) is 16.0 Å². The maximum Gasteiger partial charge on any atom is 0.328 e. The zero-order valence-corrected chi connectivity index (χ0v) is 11.0. The monoisotopic (exact) mass is 267 g/mol. The van der Waals surface area contributed by atoms with Crippen molar-refractivity contribution >= 4 is 28.6 Å². The quantitative estimate of drug-likeness (QED) is 0.628. The second-order valence-corrected chi connectivity index (χ2v) is 4.28. The van der Waals surface area contributed by atoms with Crippen molar-refractivity contribution in [2.24, 2.45) is 0 Å². The Morgan fingerprint density at radius 1 is 1.61 bits per heavy atom. The van der Waals surface area contributed by atoms with Gasteiger partial charge in [0.15, 0.2) is 0 Å². The summed E-state index contributed by atoms with van der Waals surface area (Å²) in [5.74, 6) is 0.915. The summed E-state index contributed by atoms with van der Waals surface area (Å²) < 4.78 is 6.63. The molecule has 18 heavy (non-hydrogen) atoms. The van der Waals surface area contributed by atoms with E-state index in [4.69, 9.17) is 16.3 Å². The number of aryl methyl sites for hydroxylation is 1. The Morgan fingerprint density at radius 3 is 3.06 bits per heavy atom. The first-order valence-electron chi connectivity index (χ1n) is 5.63. The lowest BCUT2D eigenvalue weighted by atomic mass is 10.3. The molecular formula is C12H14ClN3O2. The molecule has 0 bridgehead atoms. The van der Waals surface area contributed by atoms with Crippen molar-refractivity contribution in [2.75, 3.05) is 13.0 Å². The van der Waals surface area contributed by atoms with Gasteiger partial charge >= 0.3 is 5.97 Å². The average Bonchev–Trinajstić information content (AvgIpc) is 2.75. The normalized spacial score (nSPS) is 12.6. The molecule has 1 unspecified atom stereocenters. The lowest BCUT2D eigenvalue weighted by Gasteiger charge is -2.14. The Kier molecular flexibility index (Phi) is 3.81. The molecule has 0 spiro atoms. The number of imidazole rings is 1. The molecule has 0 saturated heterocycles. The lowest BCUT2D eigenvalue weighted by Crippen LogP contribution is -2.20. The number of ether oxygens (including phenoxy) is 1. The molecule has 2 aromatic rings. The van der Waals surface area contributed by atoms with E-state index in [1.54, 1.807) is 19.3 Å². The lowest BCUT2D eigenvalue weighted by molar-refractivity contribution is -0.143. The number of pyridine rings is 1. The van der Waals surface area contributed by atoms with Gasteiger partial charge in [-0.25, -0.2) is 9.78 Å². The number of methoxy groups -OCH3 is 1. The van der Waals surface area contributed by atoms with Gasteiger partial charge in [-0.05, 0) is 13.0 Å². The van der Waals surface area contributed by atoms with E-state index in [0.717, 1.165) is 16.9 Å². The molecule has 2 rings (SSSR count). The van der Waals surface area contributed by atoms with Crippen LogP contribution < -0.4 is 0 Å². The molecular weight excluding hydrogens is 254 g/mol. The summed E-state index contributed by atoms with van der Waals surface area (Å²) in [5.41, 5.74) is 1.62. The first-order valence-corrected chi connectivity index (χ1v) is 6.17. The van der Waals surface area contributed by atoms with Gasteiger partial charge in [-0.1, -0.05) is 0 Å². The smallest absolute Gasteiger partial charge is 0.328 e. The van der Waals surface area contributed by atoms with Crippen molar-refractivity contribution in [2.45, 2.75) is 19.4 Å². The maximum atomic E-state index is 11.7. The zero-order valence-electron chi connectivity index (χ0n) is 10.3. The number of rotatable bonds is 4. The number of nitrogens with zero attached hydrogens (tertiary/aromatic N) is 3. The molecule has 0 aliphatic rings. The Labute approximate surface area is 110 Å². The highest BCUT2D eigenvalue weighted by Crippen LogP contribution is 2.21. The van der Waals surface area contributed by atoms with Crippen LogP contribution in [0.25, 0.3) is 11.0 Å². The predicted molar refractivity (Wildman–Crippen MR) is 68.7 cm³/mol. The van der Waals surface area contributed by atoms with E-state index in [1.165, 1.54) is 7.11 Å². The zero-order chi connectivity index (χ0) is 13.1. The van der Waals surface area contributed by atoms with Crippen molar-refractivity contribution < 1.29 is 9.53 Å². The largest absolute Gasteiger partial charge is 0.467 e. The van der Waals surface area contributed by atoms with Gasteiger partial charge in [-0.15, -0.1) is 11.6 Å². The molecule has 0 N–H and O–H groups in total. The third-order valence-electron chi connectivity index (χ3n) is 2.81. The summed E-state index contributed by atoms with van der Waals surface area (Å²) in [6.07, 6.45) is 3.94. The molecule has 0 aromatic carbocycles. The highest BCUT2D eigenvalue weighted by atomic mass is 35.5. The van der Waals surface area contributed by atoms with E-state index in [9.17, 15) is 4.79 Å². The Hall–Kier alpha value is -1.62. The molecule has 2 heterocycles. The van der Waals surface area contributed by atoms with Crippen LogP contribution in [0.2, 0.25) is 0 Å². The molecule has 6 heteroatoms. The molecule has 0 radical (unpaired) electrons. The van der Waals surface area contributed by atoms with Crippen LogP contribution >= 0.6 is 11.6 Å². The number of aromatic nitrogens is 3. The number of fused-ring (bicyclic) bond motifs is 1. The minimum atomic E-state index is -0.430. The third-order valence-corrected chi connectivity index (χ3v) is 3.00. The SMILES string of the molecule is COC(=O)C(C)n1c(CCCl)nc2cnccc21. The number of carbonyl (C=O) groups is 1. The van der Waals surface area contributed by atoms with Gasteiger partial charge in [-0.2, -0.15) is 0 Å². The molecule has 0 aliphatic heterocycles. The molecule has 0 aliphatic carbocycles. The van der Waals surface area contributed by atoms with Gasteiger partial charge in [0.05, 0.1) is 18.8 Å². The van der Waals surface area contributed by atoms with Crippen LogP contribution in [-0.4, -0.2) is 33.5 Å². The van der Waals surface area contributed by atoms with E-state index < -0.39 is 6.04 Å². The summed E-state index contributed by atoms with van der Waals surface area (Å²) in [7, 11) is 1.38. The number of alkyl halides is 1. The van der Waals surface area contributed by atoms with Crippen molar-refractivity contribution in [1.29, 1.82) is 0 Å². The fourth-order valence-corrected chi connectivity index (χ4v) is 2.14. The molecule has 1 atom stereocenters. The van der Waals surface area contributed by atoms with E-state index in [0.29, 0.717) is 12.3 Å². The molecule has 0 fully saturated rings. The van der Waals surface area contributed by atoms with Crippen LogP contribution in [0.4, 0.5) is 0 Å². The minimum absolute atomic E-state index is 0.304. The van der Waals surface area contributed by atoms with Crippen molar-refractivity contribution in [3.8, 4) is 0 Å². The Morgan fingerprint density at radius 2 is 2.39 bits per heavy atom. The standard InChI is InChI=1S/C12H14ClN3O2/c1-8(12(17)18-2)16-10-4-6-14-7-9(10)15-11(16)3-5-13/h4,6-8H,3,5H2,1-2H3. The minimum Gasteiger partial charge on any atom is -0.467 e. The van der Waals surface area contributed by atoms with Crippen molar-refractivity contribution in [3.63, 3.8) is 0 Å². The number of hydrogen-bond acceptors (Lipinski definition) is 4. The third kappa shape index (κ3) is 2.18. The van der Waals surface area contributed by atoms with E-state index in [1.807, 2.05) is 10.6 Å². The number of hydrogen-bond donors (Lipinski definition) is 0. The Balaban J connectivity index is 2.57. The van der Waals surface area contributed by atoms with Crippen LogP contribution in [0, 0.1) is 0 Å². The van der Waals surface area contributed by atoms with Gasteiger partial charge in [0.2, 0.25) is 0 Å².